The van der Waals surface area contributed by atoms with Crippen molar-refractivity contribution in [3.8, 4) is 17.1 Å². The maximum atomic E-state index is 15.2. The first-order valence-electron chi connectivity index (χ1n) is 10.2. The van der Waals surface area contributed by atoms with Crippen molar-refractivity contribution in [3.63, 3.8) is 0 Å². The Morgan fingerprint density at radius 1 is 1.25 bits per heavy atom. The van der Waals surface area contributed by atoms with Crippen molar-refractivity contribution >= 4 is 23.5 Å². The van der Waals surface area contributed by atoms with Gasteiger partial charge in [0.1, 0.15) is 36.9 Å². The van der Waals surface area contributed by atoms with Crippen LogP contribution in [0.25, 0.3) is 11.4 Å². The van der Waals surface area contributed by atoms with E-state index in [1.165, 1.54) is 4.57 Å². The fourth-order valence-corrected chi connectivity index (χ4v) is 4.46. The molecule has 3 aliphatic rings. The second kappa shape index (κ2) is 7.61. The summed E-state index contributed by atoms with van der Waals surface area (Å²) in [5.74, 6) is -1.28. The van der Waals surface area contributed by atoms with Crippen molar-refractivity contribution in [2.75, 3.05) is 29.6 Å². The molecule has 2 saturated heterocycles. The summed E-state index contributed by atoms with van der Waals surface area (Å²) in [5.41, 5.74) is 6.68. The van der Waals surface area contributed by atoms with Crippen molar-refractivity contribution < 1.29 is 32.2 Å². The van der Waals surface area contributed by atoms with Gasteiger partial charge in [0.25, 0.3) is 6.43 Å². The first-order chi connectivity index (χ1) is 15.4. The van der Waals surface area contributed by atoms with Gasteiger partial charge in [-0.3, -0.25) is 9.36 Å². The van der Waals surface area contributed by atoms with Crippen LogP contribution in [0.15, 0.2) is 18.2 Å². The molecule has 0 radical (unpaired) electrons. The predicted molar refractivity (Wildman–Crippen MR) is 106 cm³/mol. The smallest absolute Gasteiger partial charge is 0.416 e. The van der Waals surface area contributed by atoms with Crippen LogP contribution in [-0.4, -0.2) is 59.8 Å². The normalized spacial score (nSPS) is 22.4. The zero-order chi connectivity index (χ0) is 22.6. The lowest BCUT2D eigenvalue weighted by molar-refractivity contribution is -0.119. The molecule has 0 bridgehead atoms. The molecule has 0 aliphatic carbocycles. The molecule has 2 amide bonds. The third-order valence-electron chi connectivity index (χ3n) is 6.01. The number of imidazole rings is 1. The predicted octanol–water partition coefficient (Wildman–Crippen LogP) is 2.13. The maximum Gasteiger partial charge on any atom is 0.416 e. The number of hydrogen-bond acceptors (Lipinski definition) is 6. The van der Waals surface area contributed by atoms with Crippen LogP contribution in [0.5, 0.6) is 5.75 Å². The number of nitrogens with two attached hydrogens (primary N) is 1. The van der Waals surface area contributed by atoms with E-state index in [4.69, 9.17) is 15.2 Å². The highest BCUT2D eigenvalue weighted by molar-refractivity contribution is 5.90. The molecule has 2 aromatic rings. The molecule has 4 heterocycles. The van der Waals surface area contributed by atoms with Crippen molar-refractivity contribution in [3.05, 3.63) is 24.1 Å². The third kappa shape index (κ3) is 3.12. The second-order valence-corrected chi connectivity index (χ2v) is 7.83. The molecule has 2 atom stereocenters. The SMILES string of the molecule is NC(=O)[C@@H]1CCCN1c1ccc2c(c1)OCCn1c-2nc(N2C(=O)OC[C@H]2C(F)F)c1F. The third-order valence-corrected chi connectivity index (χ3v) is 6.01. The number of ether oxygens (including phenoxy) is 2. The highest BCUT2D eigenvalue weighted by Gasteiger charge is 2.44. The number of carbonyl (C=O) groups excluding carboxylic acids is 2. The van der Waals surface area contributed by atoms with Gasteiger partial charge in [0.2, 0.25) is 11.9 Å². The van der Waals surface area contributed by atoms with E-state index in [0.717, 1.165) is 12.1 Å². The average Bonchev–Trinajstić information content (AvgIpc) is 3.43. The van der Waals surface area contributed by atoms with E-state index in [1.54, 1.807) is 18.2 Å². The minimum absolute atomic E-state index is 0.0635. The largest absolute Gasteiger partial charge is 0.491 e. The van der Waals surface area contributed by atoms with Crippen molar-refractivity contribution in [2.45, 2.75) is 37.9 Å². The van der Waals surface area contributed by atoms with Gasteiger partial charge in [0.15, 0.2) is 5.82 Å². The number of fused-ring (bicyclic) bond motifs is 3. The number of primary amides is 1. The second-order valence-electron chi connectivity index (χ2n) is 7.83. The van der Waals surface area contributed by atoms with Gasteiger partial charge < -0.3 is 20.1 Å². The zero-order valence-electron chi connectivity index (χ0n) is 16.8. The fraction of sp³-hybridized carbons (Fsp3) is 0.450. The van der Waals surface area contributed by atoms with Crippen LogP contribution in [0, 0.1) is 5.95 Å². The van der Waals surface area contributed by atoms with Gasteiger partial charge in [-0.25, -0.2) is 23.5 Å². The highest BCUT2D eigenvalue weighted by atomic mass is 19.3. The van der Waals surface area contributed by atoms with Gasteiger partial charge in [0.05, 0.1) is 12.1 Å². The summed E-state index contributed by atoms with van der Waals surface area (Å²) in [5, 5.41) is 0. The van der Waals surface area contributed by atoms with Gasteiger partial charge in [-0.05, 0) is 25.0 Å². The number of benzene rings is 1. The van der Waals surface area contributed by atoms with Gasteiger partial charge in [0, 0.05) is 18.3 Å². The number of aromatic nitrogens is 2. The summed E-state index contributed by atoms with van der Waals surface area (Å²) in [4.78, 5) is 30.4. The molecule has 0 unspecified atom stereocenters. The number of halogens is 3. The van der Waals surface area contributed by atoms with Gasteiger partial charge >= 0.3 is 6.09 Å². The number of rotatable bonds is 4. The number of hydrogen-bond donors (Lipinski definition) is 1. The molecule has 9 nitrogen and oxygen atoms in total. The number of carbonyl (C=O) groups is 2. The molecule has 32 heavy (non-hydrogen) atoms. The van der Waals surface area contributed by atoms with Crippen LogP contribution < -0.4 is 20.3 Å². The molecule has 2 fully saturated rings. The van der Waals surface area contributed by atoms with Crippen molar-refractivity contribution in [1.29, 1.82) is 0 Å². The van der Waals surface area contributed by atoms with Crippen LogP contribution in [0.4, 0.5) is 29.5 Å². The number of cyclic esters (lactones) is 1. The lowest BCUT2D eigenvalue weighted by Crippen LogP contribution is -2.40. The molecule has 12 heteroatoms. The number of nitrogens with zero attached hydrogens (tertiary/aromatic N) is 4. The Kier molecular flexibility index (Phi) is 4.86. The Labute approximate surface area is 180 Å². The van der Waals surface area contributed by atoms with Crippen LogP contribution >= 0.6 is 0 Å². The zero-order valence-corrected chi connectivity index (χ0v) is 16.8. The number of alkyl halides is 2. The number of anilines is 2. The highest BCUT2D eigenvalue weighted by Crippen LogP contribution is 2.40. The Hall–Kier alpha value is -3.44. The quantitative estimate of drug-likeness (QED) is 0.764. The first-order valence-corrected chi connectivity index (χ1v) is 10.2. The molecule has 1 aromatic carbocycles. The van der Waals surface area contributed by atoms with E-state index >= 15 is 4.39 Å². The van der Waals surface area contributed by atoms with Gasteiger partial charge in [-0.2, -0.15) is 4.39 Å². The van der Waals surface area contributed by atoms with Crippen LogP contribution in [0.2, 0.25) is 0 Å². The first kappa shape index (κ1) is 20.5. The summed E-state index contributed by atoms with van der Waals surface area (Å²) in [6.45, 7) is 0.274. The van der Waals surface area contributed by atoms with E-state index in [-0.39, 0.29) is 19.0 Å². The van der Waals surface area contributed by atoms with E-state index in [0.29, 0.717) is 29.2 Å². The van der Waals surface area contributed by atoms with E-state index in [2.05, 4.69) is 4.98 Å². The molecular formula is C20H20F3N5O4. The Balaban J connectivity index is 1.55. The van der Waals surface area contributed by atoms with Gasteiger partial charge in [-0.1, -0.05) is 0 Å². The van der Waals surface area contributed by atoms with Crippen molar-refractivity contribution in [2.24, 2.45) is 5.73 Å². The molecule has 0 spiro atoms. The van der Waals surface area contributed by atoms with Crippen LogP contribution in [0.3, 0.4) is 0 Å². The van der Waals surface area contributed by atoms with Gasteiger partial charge in [-0.15, -0.1) is 0 Å². The summed E-state index contributed by atoms with van der Waals surface area (Å²) in [6.07, 6.45) is -2.51. The molecule has 5 rings (SSSR count). The summed E-state index contributed by atoms with van der Waals surface area (Å²) in [7, 11) is 0. The molecule has 0 saturated carbocycles. The van der Waals surface area contributed by atoms with Crippen molar-refractivity contribution in [1.82, 2.24) is 9.55 Å². The van der Waals surface area contributed by atoms with E-state index < -0.39 is 48.9 Å². The van der Waals surface area contributed by atoms with E-state index in [1.807, 2.05) is 4.90 Å². The lowest BCUT2D eigenvalue weighted by atomic mass is 10.1. The summed E-state index contributed by atoms with van der Waals surface area (Å²) < 4.78 is 53.6. The fourth-order valence-electron chi connectivity index (χ4n) is 4.46. The Morgan fingerprint density at radius 3 is 2.81 bits per heavy atom. The molecular weight excluding hydrogens is 431 g/mol. The average molecular weight is 451 g/mol. The van der Waals surface area contributed by atoms with Crippen LogP contribution in [0.1, 0.15) is 12.8 Å². The minimum Gasteiger partial charge on any atom is -0.491 e. The van der Waals surface area contributed by atoms with Crippen LogP contribution in [-0.2, 0) is 16.1 Å². The Bertz CT molecular complexity index is 1090. The topological polar surface area (TPSA) is 103 Å². The monoisotopic (exact) mass is 451 g/mol. The molecule has 1 aromatic heterocycles. The number of amides is 2. The molecule has 2 N–H and O–H groups in total. The summed E-state index contributed by atoms with van der Waals surface area (Å²) >= 11 is 0. The standard InChI is InChI=1S/C20H20F3N5O4/c21-15(22)13-9-32-20(30)28(13)19-16(23)27-6-7-31-14-8-10(3-4-11(14)18(27)25-19)26-5-1-2-12(26)17(24)29/h3-4,8,12-13,15H,1-2,5-7,9H2,(H2,24,29)/t12-,13-/m0/s1. The van der Waals surface area contributed by atoms with E-state index in [9.17, 15) is 18.4 Å². The maximum absolute atomic E-state index is 15.2. The summed E-state index contributed by atoms with van der Waals surface area (Å²) in [6, 6.07) is 3.11. The molecule has 170 valence electrons. The lowest BCUT2D eigenvalue weighted by Gasteiger charge is -2.25. The minimum atomic E-state index is -2.92. The Morgan fingerprint density at radius 2 is 2.06 bits per heavy atom. The molecule has 3 aliphatic heterocycles.